The van der Waals surface area contributed by atoms with E-state index in [0.29, 0.717) is 22.9 Å². The van der Waals surface area contributed by atoms with Gasteiger partial charge >= 0.3 is 0 Å². The van der Waals surface area contributed by atoms with E-state index in [9.17, 15) is 4.79 Å². The number of hydrogen-bond donors (Lipinski definition) is 1. The summed E-state index contributed by atoms with van der Waals surface area (Å²) >= 11 is 5.95. The molecule has 0 bridgehead atoms. The number of furan rings is 1. The number of benzene rings is 1. The predicted octanol–water partition coefficient (Wildman–Crippen LogP) is 2.97. The van der Waals surface area contributed by atoms with Gasteiger partial charge in [0.05, 0.1) is 25.0 Å². The highest BCUT2D eigenvalue weighted by Crippen LogP contribution is 2.23. The van der Waals surface area contributed by atoms with Crippen molar-refractivity contribution < 1.29 is 13.9 Å². The standard InChI is InChI=1S/C16H19ClN2O3/c1-19(2)13(15-5-4-8-22-15)10-18-16(20)12-9-11(17)6-7-14(12)21-3/h4-9,13H,10H2,1-3H3,(H,18,20)/t13-/m0/s1. The lowest BCUT2D eigenvalue weighted by Gasteiger charge is -2.22. The smallest absolute Gasteiger partial charge is 0.255 e. The summed E-state index contributed by atoms with van der Waals surface area (Å²) in [5.41, 5.74) is 0.409. The van der Waals surface area contributed by atoms with E-state index >= 15 is 0 Å². The van der Waals surface area contributed by atoms with Crippen LogP contribution in [0.4, 0.5) is 0 Å². The van der Waals surface area contributed by atoms with E-state index in [1.807, 2.05) is 31.1 Å². The summed E-state index contributed by atoms with van der Waals surface area (Å²) in [6.45, 7) is 0.412. The van der Waals surface area contributed by atoms with Gasteiger partial charge in [0.25, 0.3) is 5.91 Å². The van der Waals surface area contributed by atoms with E-state index < -0.39 is 0 Å². The van der Waals surface area contributed by atoms with Crippen LogP contribution >= 0.6 is 11.6 Å². The maximum absolute atomic E-state index is 12.4. The van der Waals surface area contributed by atoms with E-state index in [2.05, 4.69) is 5.32 Å². The lowest BCUT2D eigenvalue weighted by molar-refractivity contribution is 0.0936. The van der Waals surface area contributed by atoms with Crippen LogP contribution in [0, 0.1) is 0 Å². The molecule has 2 aromatic rings. The van der Waals surface area contributed by atoms with E-state index in [1.165, 1.54) is 7.11 Å². The van der Waals surface area contributed by atoms with Crippen LogP contribution in [0.3, 0.4) is 0 Å². The van der Waals surface area contributed by atoms with Crippen molar-refractivity contribution in [3.8, 4) is 5.75 Å². The zero-order chi connectivity index (χ0) is 16.1. The molecule has 1 atom stereocenters. The molecule has 6 heteroatoms. The lowest BCUT2D eigenvalue weighted by Crippen LogP contribution is -2.34. The fourth-order valence-corrected chi connectivity index (χ4v) is 2.33. The fraction of sp³-hybridized carbons (Fsp3) is 0.312. The number of likely N-dealkylation sites (N-methyl/N-ethyl adjacent to an activating group) is 1. The van der Waals surface area contributed by atoms with Crippen LogP contribution in [0.1, 0.15) is 22.2 Å². The highest BCUT2D eigenvalue weighted by atomic mass is 35.5. The van der Waals surface area contributed by atoms with Crippen LogP contribution in [0.25, 0.3) is 0 Å². The van der Waals surface area contributed by atoms with E-state index in [0.717, 1.165) is 5.76 Å². The van der Waals surface area contributed by atoms with Crippen LogP contribution in [0.15, 0.2) is 41.0 Å². The molecule has 0 unspecified atom stereocenters. The third kappa shape index (κ3) is 3.81. The van der Waals surface area contributed by atoms with Gasteiger partial charge in [0.1, 0.15) is 11.5 Å². The van der Waals surface area contributed by atoms with Crippen molar-refractivity contribution in [3.05, 3.63) is 52.9 Å². The Hall–Kier alpha value is -1.98. The Morgan fingerprint density at radius 2 is 2.18 bits per heavy atom. The van der Waals surface area contributed by atoms with Crippen molar-refractivity contribution in [3.63, 3.8) is 0 Å². The summed E-state index contributed by atoms with van der Waals surface area (Å²) in [7, 11) is 5.38. The summed E-state index contributed by atoms with van der Waals surface area (Å²) in [4.78, 5) is 14.4. The van der Waals surface area contributed by atoms with Gasteiger partial charge in [-0.15, -0.1) is 0 Å². The first kappa shape index (κ1) is 16.4. The summed E-state index contributed by atoms with van der Waals surface area (Å²) in [6, 6.07) is 8.61. The molecule has 0 saturated carbocycles. The van der Waals surface area contributed by atoms with Crippen molar-refractivity contribution in [2.75, 3.05) is 27.7 Å². The minimum Gasteiger partial charge on any atom is -0.496 e. The molecule has 0 radical (unpaired) electrons. The van der Waals surface area contributed by atoms with Crippen molar-refractivity contribution in [2.24, 2.45) is 0 Å². The minimum atomic E-state index is -0.238. The summed E-state index contributed by atoms with van der Waals surface area (Å²) in [5.74, 6) is 1.04. The maximum atomic E-state index is 12.4. The Kier molecular flexibility index (Phi) is 5.46. The topological polar surface area (TPSA) is 54.7 Å². The Balaban J connectivity index is 2.10. The normalized spacial score (nSPS) is 12.2. The zero-order valence-corrected chi connectivity index (χ0v) is 13.6. The van der Waals surface area contributed by atoms with Crippen molar-refractivity contribution in [1.29, 1.82) is 0 Å². The van der Waals surface area contributed by atoms with Gasteiger partial charge in [-0.1, -0.05) is 11.6 Å². The molecule has 1 amide bonds. The van der Waals surface area contributed by atoms with Crippen LogP contribution in [-0.4, -0.2) is 38.6 Å². The van der Waals surface area contributed by atoms with Crippen LogP contribution in [0.5, 0.6) is 5.75 Å². The molecule has 2 rings (SSSR count). The Labute approximate surface area is 134 Å². The number of amides is 1. The Morgan fingerprint density at radius 1 is 1.41 bits per heavy atom. The average Bonchev–Trinajstić information content (AvgIpc) is 3.01. The van der Waals surface area contributed by atoms with Gasteiger partial charge in [-0.2, -0.15) is 0 Å². The SMILES string of the molecule is COc1ccc(Cl)cc1C(=O)NC[C@@H](c1ccco1)N(C)C. The second-order valence-corrected chi connectivity index (χ2v) is 5.49. The van der Waals surface area contributed by atoms with Crippen molar-refractivity contribution in [2.45, 2.75) is 6.04 Å². The molecule has 0 fully saturated rings. The van der Waals surface area contributed by atoms with E-state index in [4.69, 9.17) is 20.8 Å². The third-order valence-electron chi connectivity index (χ3n) is 3.36. The molecular weight excluding hydrogens is 304 g/mol. The molecule has 0 aliphatic carbocycles. The van der Waals surface area contributed by atoms with Gasteiger partial charge in [0, 0.05) is 11.6 Å². The van der Waals surface area contributed by atoms with Crippen LogP contribution in [0.2, 0.25) is 5.02 Å². The maximum Gasteiger partial charge on any atom is 0.255 e. The van der Waals surface area contributed by atoms with Crippen LogP contribution in [-0.2, 0) is 0 Å². The number of ether oxygens (including phenoxy) is 1. The first-order valence-corrected chi connectivity index (χ1v) is 7.22. The number of hydrogen-bond acceptors (Lipinski definition) is 4. The molecule has 1 N–H and O–H groups in total. The van der Waals surface area contributed by atoms with E-state index in [-0.39, 0.29) is 11.9 Å². The van der Waals surface area contributed by atoms with E-state index in [1.54, 1.807) is 24.5 Å². The van der Waals surface area contributed by atoms with Crippen molar-refractivity contribution >= 4 is 17.5 Å². The number of carbonyl (C=O) groups excluding carboxylic acids is 1. The monoisotopic (exact) mass is 322 g/mol. The van der Waals surface area contributed by atoms with Crippen molar-refractivity contribution in [1.82, 2.24) is 10.2 Å². The summed E-state index contributed by atoms with van der Waals surface area (Å²) in [5, 5.41) is 3.38. The molecule has 1 aromatic carbocycles. The zero-order valence-electron chi connectivity index (χ0n) is 12.8. The minimum absolute atomic E-state index is 0.0517. The molecule has 1 aromatic heterocycles. The number of rotatable bonds is 6. The van der Waals surface area contributed by atoms with Gasteiger partial charge in [0.15, 0.2) is 0 Å². The third-order valence-corrected chi connectivity index (χ3v) is 3.59. The molecule has 0 aliphatic rings. The molecule has 0 aliphatic heterocycles. The molecule has 118 valence electrons. The number of carbonyl (C=O) groups is 1. The quantitative estimate of drug-likeness (QED) is 0.888. The van der Waals surface area contributed by atoms with Gasteiger partial charge < -0.3 is 14.5 Å². The van der Waals surface area contributed by atoms with Gasteiger partial charge in [-0.3, -0.25) is 9.69 Å². The average molecular weight is 323 g/mol. The summed E-state index contributed by atoms with van der Waals surface area (Å²) in [6.07, 6.45) is 1.62. The number of halogens is 1. The van der Waals surface area contributed by atoms with Crippen LogP contribution < -0.4 is 10.1 Å². The number of nitrogens with zero attached hydrogens (tertiary/aromatic N) is 1. The molecule has 22 heavy (non-hydrogen) atoms. The number of methoxy groups -OCH3 is 1. The Bertz CT molecular complexity index is 626. The molecule has 1 heterocycles. The lowest BCUT2D eigenvalue weighted by atomic mass is 10.1. The van der Waals surface area contributed by atoms with Gasteiger partial charge in [-0.05, 0) is 44.4 Å². The highest BCUT2D eigenvalue weighted by molar-refractivity contribution is 6.31. The first-order chi connectivity index (χ1) is 10.5. The summed E-state index contributed by atoms with van der Waals surface area (Å²) < 4.78 is 10.6. The molecule has 5 nitrogen and oxygen atoms in total. The fourth-order valence-electron chi connectivity index (χ4n) is 2.16. The molecular formula is C16H19ClN2O3. The second kappa shape index (κ2) is 7.33. The molecule has 0 spiro atoms. The van der Waals surface area contributed by atoms with Gasteiger partial charge in [0.2, 0.25) is 0 Å². The van der Waals surface area contributed by atoms with Gasteiger partial charge in [-0.25, -0.2) is 0 Å². The first-order valence-electron chi connectivity index (χ1n) is 6.84. The number of nitrogens with one attached hydrogen (secondary N) is 1. The highest BCUT2D eigenvalue weighted by Gasteiger charge is 2.19. The molecule has 0 saturated heterocycles. The predicted molar refractivity (Wildman–Crippen MR) is 85.5 cm³/mol. The Morgan fingerprint density at radius 3 is 2.77 bits per heavy atom. The largest absolute Gasteiger partial charge is 0.496 e. The second-order valence-electron chi connectivity index (χ2n) is 5.05.